The van der Waals surface area contributed by atoms with Crippen LogP contribution in [0.1, 0.15) is 20.8 Å². The Morgan fingerprint density at radius 2 is 2.23 bits per heavy atom. The van der Waals surface area contributed by atoms with Crippen molar-refractivity contribution in [3.05, 3.63) is 12.7 Å². The van der Waals surface area contributed by atoms with Gasteiger partial charge in [-0.15, -0.1) is 0 Å². The zero-order chi connectivity index (χ0) is 10.5. The number of ether oxygens (including phenoxy) is 1. The first-order chi connectivity index (χ1) is 5.85. The summed E-state index contributed by atoms with van der Waals surface area (Å²) in [5, 5.41) is 11.1. The largest absolute Gasteiger partial charge is 0.480 e. The molecule has 1 atom stereocenters. The number of hydrogen-bond acceptors (Lipinski definition) is 3. The summed E-state index contributed by atoms with van der Waals surface area (Å²) in [7, 11) is 0. The maximum atomic E-state index is 10.2. The van der Waals surface area contributed by atoms with Gasteiger partial charge in [0.25, 0.3) is 0 Å². The Labute approximate surface area is 78.6 Å². The molecule has 4 heteroatoms. The van der Waals surface area contributed by atoms with Crippen molar-refractivity contribution in [1.29, 1.82) is 0 Å². The van der Waals surface area contributed by atoms with Crippen LogP contribution < -0.4 is 5.32 Å². The number of hydrogen-bond donors (Lipinski definition) is 2. The van der Waals surface area contributed by atoms with Crippen molar-refractivity contribution < 1.29 is 14.6 Å². The van der Waals surface area contributed by atoms with Gasteiger partial charge >= 0.3 is 5.97 Å². The molecule has 4 nitrogen and oxygen atoms in total. The fourth-order valence-electron chi connectivity index (χ4n) is 0.742. The summed E-state index contributed by atoms with van der Waals surface area (Å²) in [6.45, 7) is 9.09. The van der Waals surface area contributed by atoms with Gasteiger partial charge in [-0.3, -0.25) is 10.1 Å². The molecule has 76 valence electrons. The van der Waals surface area contributed by atoms with Gasteiger partial charge in [-0.1, -0.05) is 6.58 Å². The summed E-state index contributed by atoms with van der Waals surface area (Å²) in [6, 6.07) is 0. The van der Waals surface area contributed by atoms with Gasteiger partial charge < -0.3 is 9.84 Å². The molecule has 0 aliphatic carbocycles. The van der Waals surface area contributed by atoms with Gasteiger partial charge in [-0.25, -0.2) is 0 Å². The van der Waals surface area contributed by atoms with Crippen LogP contribution in [-0.2, 0) is 9.53 Å². The van der Waals surface area contributed by atoms with Crippen molar-refractivity contribution in [1.82, 2.24) is 5.32 Å². The lowest BCUT2D eigenvalue weighted by Crippen LogP contribution is -2.39. The van der Waals surface area contributed by atoms with E-state index < -0.39 is 12.2 Å². The van der Waals surface area contributed by atoms with Crippen molar-refractivity contribution in [2.45, 2.75) is 32.6 Å². The van der Waals surface area contributed by atoms with E-state index in [0.717, 1.165) is 0 Å². The van der Waals surface area contributed by atoms with Crippen molar-refractivity contribution in [3.8, 4) is 0 Å². The van der Waals surface area contributed by atoms with Gasteiger partial charge in [0.15, 0.2) is 0 Å². The quantitative estimate of drug-likeness (QED) is 0.497. The molecule has 0 aromatic carbocycles. The molecule has 0 saturated carbocycles. The third kappa shape index (κ3) is 7.49. The Hall–Kier alpha value is -0.870. The van der Waals surface area contributed by atoms with Crippen LogP contribution in [0.2, 0.25) is 0 Å². The molecule has 0 aliphatic heterocycles. The summed E-state index contributed by atoms with van der Waals surface area (Å²) in [5.74, 6) is -0.913. The van der Waals surface area contributed by atoms with E-state index >= 15 is 0 Å². The van der Waals surface area contributed by atoms with Crippen molar-refractivity contribution >= 4 is 5.97 Å². The smallest absolute Gasteiger partial charge is 0.317 e. The van der Waals surface area contributed by atoms with Crippen LogP contribution in [0.5, 0.6) is 0 Å². The monoisotopic (exact) mass is 187 g/mol. The lowest BCUT2D eigenvalue weighted by molar-refractivity contribution is -0.137. The van der Waals surface area contributed by atoms with Gasteiger partial charge in [0.1, 0.15) is 6.23 Å². The Kier molecular flexibility index (Phi) is 4.66. The average molecular weight is 187 g/mol. The zero-order valence-corrected chi connectivity index (χ0v) is 8.33. The van der Waals surface area contributed by atoms with Crippen LogP contribution in [0.15, 0.2) is 12.7 Å². The summed E-state index contributed by atoms with van der Waals surface area (Å²) in [5.41, 5.74) is -0.315. The summed E-state index contributed by atoms with van der Waals surface area (Å²) < 4.78 is 5.44. The van der Waals surface area contributed by atoms with Crippen molar-refractivity contribution in [2.75, 3.05) is 6.54 Å². The second kappa shape index (κ2) is 4.99. The van der Waals surface area contributed by atoms with Crippen LogP contribution in [0.4, 0.5) is 0 Å². The normalized spacial score (nSPS) is 13.8. The molecule has 0 aliphatic rings. The minimum Gasteiger partial charge on any atom is -0.480 e. The molecular weight excluding hydrogens is 170 g/mol. The van der Waals surface area contributed by atoms with E-state index in [-0.39, 0.29) is 12.1 Å². The Balaban J connectivity index is 3.90. The van der Waals surface area contributed by atoms with E-state index in [1.165, 1.54) is 6.08 Å². The Morgan fingerprint density at radius 1 is 1.69 bits per heavy atom. The molecule has 0 amide bonds. The molecule has 0 heterocycles. The Bertz CT molecular complexity index is 184. The topological polar surface area (TPSA) is 58.6 Å². The van der Waals surface area contributed by atoms with Gasteiger partial charge in [0.05, 0.1) is 12.1 Å². The summed E-state index contributed by atoms with van der Waals surface area (Å²) in [4.78, 5) is 10.2. The van der Waals surface area contributed by atoms with Crippen LogP contribution in [0, 0.1) is 0 Å². The van der Waals surface area contributed by atoms with Gasteiger partial charge in [-0.05, 0) is 26.8 Å². The summed E-state index contributed by atoms with van der Waals surface area (Å²) >= 11 is 0. The van der Waals surface area contributed by atoms with E-state index in [4.69, 9.17) is 9.84 Å². The lowest BCUT2D eigenvalue weighted by Gasteiger charge is -2.25. The lowest BCUT2D eigenvalue weighted by atomic mass is 10.2. The number of carbonyl (C=O) groups is 1. The minimum absolute atomic E-state index is 0.132. The average Bonchev–Trinajstić information content (AvgIpc) is 1.95. The fraction of sp³-hybridized carbons (Fsp3) is 0.667. The highest BCUT2D eigenvalue weighted by Crippen LogP contribution is 2.09. The number of rotatable bonds is 5. The van der Waals surface area contributed by atoms with Crippen LogP contribution in [-0.4, -0.2) is 29.4 Å². The molecule has 0 fully saturated rings. The first-order valence-electron chi connectivity index (χ1n) is 4.10. The van der Waals surface area contributed by atoms with Gasteiger partial charge in [0, 0.05) is 0 Å². The predicted molar refractivity (Wildman–Crippen MR) is 50.5 cm³/mol. The molecule has 0 rings (SSSR count). The van der Waals surface area contributed by atoms with E-state index in [2.05, 4.69) is 11.9 Å². The van der Waals surface area contributed by atoms with Gasteiger partial charge in [0.2, 0.25) is 0 Å². The first-order valence-corrected chi connectivity index (χ1v) is 4.10. The van der Waals surface area contributed by atoms with Crippen LogP contribution in [0.3, 0.4) is 0 Å². The van der Waals surface area contributed by atoms with E-state index in [1.54, 1.807) is 0 Å². The number of carboxylic acids is 1. The summed E-state index contributed by atoms with van der Waals surface area (Å²) in [6.07, 6.45) is 1.12. The van der Waals surface area contributed by atoms with Gasteiger partial charge in [-0.2, -0.15) is 0 Å². The molecular formula is C9H17NO3. The van der Waals surface area contributed by atoms with E-state index in [1.807, 2.05) is 20.8 Å². The van der Waals surface area contributed by atoms with Crippen LogP contribution >= 0.6 is 0 Å². The first kappa shape index (κ1) is 12.1. The molecule has 13 heavy (non-hydrogen) atoms. The minimum atomic E-state index is -0.913. The number of carboxylic acid groups (broad SMARTS) is 1. The van der Waals surface area contributed by atoms with Crippen LogP contribution in [0.25, 0.3) is 0 Å². The highest BCUT2D eigenvalue weighted by atomic mass is 16.5. The third-order valence-corrected chi connectivity index (χ3v) is 1.15. The molecule has 2 N–H and O–H groups in total. The second-order valence-corrected chi connectivity index (χ2v) is 3.66. The predicted octanol–water partition coefficient (Wildman–Crippen LogP) is 0.988. The molecule has 0 bridgehead atoms. The number of nitrogens with one attached hydrogen (secondary N) is 1. The second-order valence-electron chi connectivity index (χ2n) is 3.66. The number of aliphatic carboxylic acids is 1. The molecule has 0 unspecified atom stereocenters. The molecule has 0 radical (unpaired) electrons. The molecule has 0 spiro atoms. The standard InChI is InChI=1S/C9H17NO3/c1-5-7(10-6-8(11)12)13-9(2,3)4/h5,7,10H,1,6H2,2-4H3,(H,11,12)/t7-/m0/s1. The van der Waals surface area contributed by atoms with E-state index in [9.17, 15) is 4.79 Å². The Morgan fingerprint density at radius 3 is 2.54 bits per heavy atom. The van der Waals surface area contributed by atoms with E-state index in [0.29, 0.717) is 0 Å². The zero-order valence-electron chi connectivity index (χ0n) is 8.33. The fourth-order valence-corrected chi connectivity index (χ4v) is 0.742. The maximum absolute atomic E-state index is 10.2. The van der Waals surface area contributed by atoms with Crippen molar-refractivity contribution in [3.63, 3.8) is 0 Å². The SMILES string of the molecule is C=C[C@@H](NCC(=O)O)OC(C)(C)C. The molecule has 0 aromatic heterocycles. The highest BCUT2D eigenvalue weighted by Gasteiger charge is 2.16. The molecule has 0 aromatic rings. The third-order valence-electron chi connectivity index (χ3n) is 1.15. The maximum Gasteiger partial charge on any atom is 0.317 e. The van der Waals surface area contributed by atoms with Crippen molar-refractivity contribution in [2.24, 2.45) is 0 Å². The highest BCUT2D eigenvalue weighted by molar-refractivity contribution is 5.69. The molecule has 0 saturated heterocycles.